The number of aliphatic hydroxyl groups excluding tert-OH is 2. The maximum atomic E-state index is 9.13. The minimum absolute atomic E-state index is 0.117. The first kappa shape index (κ1) is 10.5. The molecule has 0 fully saturated rings. The monoisotopic (exact) mass is 271 g/mol. The molecule has 15 heavy (non-hydrogen) atoms. The van der Waals surface area contributed by atoms with Crippen molar-refractivity contribution in [1.29, 1.82) is 0 Å². The van der Waals surface area contributed by atoms with Gasteiger partial charge in [0.25, 0.3) is 0 Å². The number of hydrogen-bond acceptors (Lipinski definition) is 4. The second-order valence-corrected chi connectivity index (χ2v) is 3.95. The molecule has 0 atom stereocenters. The number of hydrogen-bond donors (Lipinski definition) is 2. The maximum Gasteiger partial charge on any atom is 0.161 e. The van der Waals surface area contributed by atoms with Crippen LogP contribution in [0.1, 0.15) is 11.3 Å². The van der Waals surface area contributed by atoms with Crippen molar-refractivity contribution >= 4 is 27.1 Å². The molecular formula is C9H10BrN3O2. The zero-order valence-corrected chi connectivity index (χ0v) is 9.69. The van der Waals surface area contributed by atoms with Crippen LogP contribution in [-0.2, 0) is 13.3 Å². The molecule has 2 N–H and O–H groups in total. The molecule has 0 radical (unpaired) electrons. The second-order valence-electron chi connectivity index (χ2n) is 3.20. The largest absolute Gasteiger partial charge is 0.392 e. The average molecular weight is 272 g/mol. The van der Waals surface area contributed by atoms with Gasteiger partial charge in [0.05, 0.1) is 12.3 Å². The summed E-state index contributed by atoms with van der Waals surface area (Å²) < 4.78 is 2.20. The summed E-state index contributed by atoms with van der Waals surface area (Å²) in [5.41, 5.74) is 2.61. The van der Waals surface area contributed by atoms with Gasteiger partial charge < -0.3 is 14.8 Å². The van der Waals surface area contributed by atoms with Gasteiger partial charge in [0.15, 0.2) is 5.65 Å². The lowest BCUT2D eigenvalue weighted by Gasteiger charge is -2.00. The van der Waals surface area contributed by atoms with Gasteiger partial charge in [-0.1, -0.05) is 0 Å². The van der Waals surface area contributed by atoms with Gasteiger partial charge in [-0.3, -0.25) is 0 Å². The summed E-state index contributed by atoms with van der Waals surface area (Å²) in [7, 11) is 0. The topological polar surface area (TPSA) is 71.2 Å². The molecule has 2 heterocycles. The lowest BCUT2D eigenvalue weighted by Crippen LogP contribution is -1.98. The Bertz CT molecular complexity index is 466. The molecule has 0 aliphatic carbocycles. The summed E-state index contributed by atoms with van der Waals surface area (Å²) in [5, 5.41) is 18.2. The highest BCUT2D eigenvalue weighted by Crippen LogP contribution is 2.21. The van der Waals surface area contributed by atoms with Crippen LogP contribution in [0, 0.1) is 6.92 Å². The zero-order valence-electron chi connectivity index (χ0n) is 8.11. The molecule has 5 nitrogen and oxygen atoms in total. The molecular weight excluding hydrogens is 262 g/mol. The van der Waals surface area contributed by atoms with Crippen LogP contribution in [0.4, 0.5) is 0 Å². The Balaban J connectivity index is 2.80. The number of aromatic nitrogens is 3. The van der Waals surface area contributed by atoms with E-state index in [1.165, 1.54) is 0 Å². The second kappa shape index (κ2) is 3.88. The standard InChI is InChI=1S/C9H10BrN3O2/c1-5-8(10)12-7-6(3-14)2-13(4-15)9(7)11-5/h2,14-15H,3-4H2,1H3. The Morgan fingerprint density at radius 2 is 2.13 bits per heavy atom. The molecule has 2 aromatic rings. The summed E-state index contributed by atoms with van der Waals surface area (Å²) in [6, 6.07) is 0. The molecule has 0 bridgehead atoms. The molecule has 0 saturated carbocycles. The Hall–Kier alpha value is -0.980. The van der Waals surface area contributed by atoms with Crippen molar-refractivity contribution < 1.29 is 10.2 Å². The summed E-state index contributed by atoms with van der Waals surface area (Å²) in [4.78, 5) is 8.57. The zero-order chi connectivity index (χ0) is 11.0. The molecule has 0 amide bonds. The van der Waals surface area contributed by atoms with E-state index in [0.29, 0.717) is 21.3 Å². The molecule has 6 heteroatoms. The van der Waals surface area contributed by atoms with E-state index in [9.17, 15) is 0 Å². The van der Waals surface area contributed by atoms with Crippen molar-refractivity contribution in [3.8, 4) is 0 Å². The highest BCUT2D eigenvalue weighted by molar-refractivity contribution is 9.10. The van der Waals surface area contributed by atoms with Gasteiger partial charge in [0, 0.05) is 11.8 Å². The van der Waals surface area contributed by atoms with Crippen LogP contribution < -0.4 is 0 Å². The minimum atomic E-state index is -0.174. The number of fused-ring (bicyclic) bond motifs is 1. The van der Waals surface area contributed by atoms with Crippen LogP contribution >= 0.6 is 15.9 Å². The lowest BCUT2D eigenvalue weighted by molar-refractivity contribution is 0.213. The molecule has 0 spiro atoms. The first-order chi connectivity index (χ1) is 7.17. The first-order valence-corrected chi connectivity index (χ1v) is 5.20. The van der Waals surface area contributed by atoms with Gasteiger partial charge >= 0.3 is 0 Å². The SMILES string of the molecule is Cc1nc2c(nc1Br)c(CO)cn2CO. The number of nitrogens with zero attached hydrogens (tertiary/aromatic N) is 3. The van der Waals surface area contributed by atoms with Crippen LogP contribution in [0.2, 0.25) is 0 Å². The molecule has 0 saturated heterocycles. The normalized spacial score (nSPS) is 11.2. The Labute approximate surface area is 94.5 Å². The molecule has 2 aromatic heterocycles. The highest BCUT2D eigenvalue weighted by atomic mass is 79.9. The van der Waals surface area contributed by atoms with Crippen LogP contribution in [-0.4, -0.2) is 24.7 Å². The Morgan fingerprint density at radius 3 is 2.73 bits per heavy atom. The van der Waals surface area contributed by atoms with Gasteiger partial charge in [-0.2, -0.15) is 0 Å². The van der Waals surface area contributed by atoms with E-state index in [1.807, 2.05) is 6.92 Å². The van der Waals surface area contributed by atoms with Crippen LogP contribution in [0.15, 0.2) is 10.8 Å². The molecule has 80 valence electrons. The van der Waals surface area contributed by atoms with Gasteiger partial charge in [-0.05, 0) is 22.9 Å². The molecule has 0 aromatic carbocycles. The number of aliphatic hydroxyl groups is 2. The fraction of sp³-hybridized carbons (Fsp3) is 0.333. The average Bonchev–Trinajstić information content (AvgIpc) is 2.56. The van der Waals surface area contributed by atoms with Crippen LogP contribution in [0.25, 0.3) is 11.2 Å². The quantitative estimate of drug-likeness (QED) is 0.853. The van der Waals surface area contributed by atoms with Crippen molar-refractivity contribution in [2.24, 2.45) is 0 Å². The number of aryl methyl sites for hydroxylation is 1. The third-order valence-corrected chi connectivity index (χ3v) is 2.96. The van der Waals surface area contributed by atoms with Gasteiger partial charge in [0.2, 0.25) is 0 Å². The minimum Gasteiger partial charge on any atom is -0.392 e. The van der Waals surface area contributed by atoms with Gasteiger partial charge in [-0.25, -0.2) is 9.97 Å². The van der Waals surface area contributed by atoms with E-state index in [0.717, 1.165) is 5.69 Å². The van der Waals surface area contributed by atoms with E-state index in [4.69, 9.17) is 10.2 Å². The molecule has 0 aliphatic rings. The fourth-order valence-electron chi connectivity index (χ4n) is 1.44. The van der Waals surface area contributed by atoms with E-state index in [1.54, 1.807) is 10.8 Å². The van der Waals surface area contributed by atoms with E-state index in [-0.39, 0.29) is 13.3 Å². The highest BCUT2D eigenvalue weighted by Gasteiger charge is 2.12. The van der Waals surface area contributed by atoms with Gasteiger partial charge in [-0.15, -0.1) is 0 Å². The number of rotatable bonds is 2. The number of halogens is 1. The lowest BCUT2D eigenvalue weighted by atomic mass is 10.3. The van der Waals surface area contributed by atoms with E-state index in [2.05, 4.69) is 25.9 Å². The van der Waals surface area contributed by atoms with Crippen molar-refractivity contribution in [3.05, 3.63) is 22.1 Å². The van der Waals surface area contributed by atoms with Crippen molar-refractivity contribution in [2.45, 2.75) is 20.3 Å². The summed E-state index contributed by atoms with van der Waals surface area (Å²) in [6.07, 6.45) is 1.65. The predicted octanol–water partition coefficient (Wildman–Crippen LogP) is 0.944. The Morgan fingerprint density at radius 1 is 1.40 bits per heavy atom. The predicted molar refractivity (Wildman–Crippen MR) is 58.1 cm³/mol. The van der Waals surface area contributed by atoms with Crippen molar-refractivity contribution in [2.75, 3.05) is 0 Å². The maximum absolute atomic E-state index is 9.13. The fourth-order valence-corrected chi connectivity index (χ4v) is 1.70. The van der Waals surface area contributed by atoms with E-state index < -0.39 is 0 Å². The molecule has 2 rings (SSSR count). The smallest absolute Gasteiger partial charge is 0.161 e. The summed E-state index contributed by atoms with van der Waals surface area (Å²) >= 11 is 3.28. The first-order valence-electron chi connectivity index (χ1n) is 4.41. The third kappa shape index (κ3) is 1.64. The van der Waals surface area contributed by atoms with Crippen molar-refractivity contribution in [3.63, 3.8) is 0 Å². The molecule has 0 unspecified atom stereocenters. The van der Waals surface area contributed by atoms with Crippen LogP contribution in [0.3, 0.4) is 0 Å². The van der Waals surface area contributed by atoms with Crippen molar-refractivity contribution in [1.82, 2.24) is 14.5 Å². The Kier molecular flexibility index (Phi) is 2.72. The van der Waals surface area contributed by atoms with Crippen LogP contribution in [0.5, 0.6) is 0 Å². The summed E-state index contributed by atoms with van der Waals surface area (Å²) in [5.74, 6) is 0. The molecule has 0 aliphatic heterocycles. The van der Waals surface area contributed by atoms with Gasteiger partial charge in [0.1, 0.15) is 16.9 Å². The summed E-state index contributed by atoms with van der Waals surface area (Å²) in [6.45, 7) is 1.53. The third-order valence-electron chi connectivity index (χ3n) is 2.20. The van der Waals surface area contributed by atoms with E-state index >= 15 is 0 Å².